The Bertz CT molecular complexity index is 2470. The summed E-state index contributed by atoms with van der Waals surface area (Å²) in [5.74, 6) is -1.58. The van der Waals surface area contributed by atoms with Crippen LogP contribution in [0.3, 0.4) is 0 Å². The molecule has 0 saturated heterocycles. The molecule has 1 atom stereocenters. The maximum absolute atomic E-state index is 14.5. The summed E-state index contributed by atoms with van der Waals surface area (Å²) in [7, 11) is -0.907. The van der Waals surface area contributed by atoms with Gasteiger partial charge in [-0.25, -0.2) is 27.0 Å². The number of methoxy groups -OCH3 is 1. The van der Waals surface area contributed by atoms with E-state index < -0.39 is 39.4 Å². The monoisotopic (exact) mass is 736 g/mol. The lowest BCUT2D eigenvalue weighted by Crippen LogP contribution is -2.35. The summed E-state index contributed by atoms with van der Waals surface area (Å²) in [6, 6.07) is 16.5. The number of carbonyl (C=O) groups is 1. The molecule has 0 unspecified atom stereocenters. The maximum atomic E-state index is 14.5. The van der Waals surface area contributed by atoms with Crippen LogP contribution in [0.15, 0.2) is 77.6 Å². The number of nitrogens with zero attached hydrogens (tertiary/aromatic N) is 4. The number of fused-ring (bicyclic) bond motifs is 2. The molecule has 2 aromatic heterocycles. The van der Waals surface area contributed by atoms with Crippen molar-refractivity contribution in [2.24, 2.45) is 7.05 Å². The number of anilines is 1. The normalized spacial score (nSPS) is 12.3. The van der Waals surface area contributed by atoms with Crippen molar-refractivity contribution in [3.63, 3.8) is 0 Å². The molecule has 6 aromatic rings. The summed E-state index contributed by atoms with van der Waals surface area (Å²) in [5, 5.41) is 17.1. The lowest BCUT2D eigenvalue weighted by atomic mass is 10.0. The molecule has 264 valence electrons. The minimum Gasteiger partial charge on any atom is -0.497 e. The zero-order valence-electron chi connectivity index (χ0n) is 27.4. The molecule has 0 bridgehead atoms. The number of halogens is 3. The third-order valence-corrected chi connectivity index (χ3v) is 9.89. The summed E-state index contributed by atoms with van der Waals surface area (Å²) in [4.78, 5) is 31.3. The van der Waals surface area contributed by atoms with Crippen molar-refractivity contribution in [3.8, 4) is 11.4 Å². The molecule has 0 saturated carbocycles. The fourth-order valence-corrected chi connectivity index (χ4v) is 7.34. The summed E-state index contributed by atoms with van der Waals surface area (Å²) in [6.07, 6.45) is -1.57. The Morgan fingerprint density at radius 1 is 1.02 bits per heavy atom. The zero-order valence-corrected chi connectivity index (χ0v) is 29.0. The van der Waals surface area contributed by atoms with E-state index in [4.69, 9.17) is 21.3 Å². The molecule has 2 heterocycles. The third-order valence-electron chi connectivity index (χ3n) is 8.33. The van der Waals surface area contributed by atoms with Gasteiger partial charge in [-0.05, 0) is 72.5 Å². The van der Waals surface area contributed by atoms with Crippen molar-refractivity contribution in [2.45, 2.75) is 25.8 Å². The van der Waals surface area contributed by atoms with Crippen molar-refractivity contribution in [1.29, 1.82) is 0 Å². The van der Waals surface area contributed by atoms with E-state index in [0.29, 0.717) is 17.4 Å². The van der Waals surface area contributed by atoms with E-state index in [2.05, 4.69) is 15.1 Å². The highest BCUT2D eigenvalue weighted by Gasteiger charge is 2.28. The first-order valence-corrected chi connectivity index (χ1v) is 17.5. The summed E-state index contributed by atoms with van der Waals surface area (Å²) in [5.41, 5.74) is 1.50. The van der Waals surface area contributed by atoms with Gasteiger partial charge in [-0.1, -0.05) is 35.9 Å². The van der Waals surface area contributed by atoms with Crippen molar-refractivity contribution in [1.82, 2.24) is 24.6 Å². The number of amides is 1. The molecule has 4 aromatic carbocycles. The fourth-order valence-electron chi connectivity index (χ4n) is 6.05. The van der Waals surface area contributed by atoms with Gasteiger partial charge >= 0.3 is 6.09 Å². The Kier molecular flexibility index (Phi) is 9.68. The predicted molar refractivity (Wildman–Crippen MR) is 189 cm³/mol. The van der Waals surface area contributed by atoms with Crippen LogP contribution in [0.4, 0.5) is 19.4 Å². The number of aryl methyl sites for hydroxylation is 3. The largest absolute Gasteiger partial charge is 0.497 e. The first-order chi connectivity index (χ1) is 24.2. The average molecular weight is 737 g/mol. The first kappa shape index (κ1) is 35.3. The minimum absolute atomic E-state index is 0.0935. The molecule has 0 spiro atoms. The second kappa shape index (κ2) is 14.0. The van der Waals surface area contributed by atoms with Gasteiger partial charge in [0, 0.05) is 19.5 Å². The number of benzene rings is 4. The molecule has 6 rings (SSSR count). The summed E-state index contributed by atoms with van der Waals surface area (Å²) in [6.45, 7) is 1.72. The highest BCUT2D eigenvalue weighted by Crippen LogP contribution is 2.36. The van der Waals surface area contributed by atoms with E-state index in [9.17, 15) is 31.9 Å². The van der Waals surface area contributed by atoms with Crippen LogP contribution in [-0.4, -0.2) is 51.8 Å². The van der Waals surface area contributed by atoms with Crippen LogP contribution in [0.1, 0.15) is 28.6 Å². The third kappa shape index (κ3) is 7.35. The Morgan fingerprint density at radius 2 is 1.73 bits per heavy atom. The van der Waals surface area contributed by atoms with Gasteiger partial charge in [0.1, 0.15) is 23.2 Å². The van der Waals surface area contributed by atoms with Gasteiger partial charge in [0.2, 0.25) is 10.0 Å². The predicted octanol–water partition coefficient (Wildman–Crippen LogP) is 6.06. The molecule has 0 fully saturated rings. The quantitative estimate of drug-likeness (QED) is 0.145. The number of sulfonamides is 1. The molecule has 0 radical (unpaired) electrons. The zero-order chi connectivity index (χ0) is 36.6. The van der Waals surface area contributed by atoms with Crippen molar-refractivity contribution in [3.05, 3.63) is 122 Å². The fraction of sp³-hybridized carbons (Fsp3) is 0.200. The molecule has 0 aliphatic carbocycles. The molecule has 0 aliphatic heterocycles. The summed E-state index contributed by atoms with van der Waals surface area (Å²) < 4.78 is 65.3. The van der Waals surface area contributed by atoms with E-state index in [-0.39, 0.29) is 68.3 Å². The van der Waals surface area contributed by atoms with Gasteiger partial charge in [0.25, 0.3) is 5.56 Å². The average Bonchev–Trinajstić information content (AvgIpc) is 3.39. The molecule has 0 aliphatic rings. The van der Waals surface area contributed by atoms with Gasteiger partial charge in [-0.15, -0.1) is 0 Å². The number of hydrogen-bond acceptors (Lipinski definition) is 7. The van der Waals surface area contributed by atoms with Gasteiger partial charge in [-0.2, -0.15) is 5.10 Å². The lowest BCUT2D eigenvalue weighted by Gasteiger charge is -2.23. The highest BCUT2D eigenvalue weighted by atomic mass is 35.5. The van der Waals surface area contributed by atoms with Gasteiger partial charge in [0.15, 0.2) is 5.82 Å². The smallest absolute Gasteiger partial charge is 0.405 e. The van der Waals surface area contributed by atoms with E-state index in [0.717, 1.165) is 17.7 Å². The van der Waals surface area contributed by atoms with E-state index in [1.807, 2.05) is 0 Å². The topological polar surface area (TPSA) is 157 Å². The van der Waals surface area contributed by atoms with Crippen LogP contribution in [0.5, 0.6) is 5.75 Å². The number of ether oxygens (including phenoxy) is 1. The molecular formula is C35H31ClF2N6O6S. The molecule has 51 heavy (non-hydrogen) atoms. The Balaban J connectivity index is 1.51. The van der Waals surface area contributed by atoms with Crippen LogP contribution in [0, 0.1) is 18.6 Å². The molecule has 12 nitrogen and oxygen atoms in total. The number of aromatic nitrogens is 4. The number of rotatable bonds is 11. The Hall–Kier alpha value is -5.54. The standard InChI is InChI=1S/C35H31ClF2N6O6S/c1-19-5-4-6-26-29(19)34(45)44(33(39-26)27(40-35(46)47)17-21-15-22(37)18-23(38)16-21)28-12-11-25(36)30-31(28)43(2)41-32(30)42-51(48,49)14-13-20-7-9-24(50-3)10-8-20/h4-12,15-16,18,27,40H,13-14,17H2,1-3H3,(H,41,42)(H,46,47)/t27-/m0/s1. The van der Waals surface area contributed by atoms with Crippen LogP contribution in [0.2, 0.25) is 5.02 Å². The van der Waals surface area contributed by atoms with Crippen molar-refractivity contribution < 1.29 is 31.8 Å². The van der Waals surface area contributed by atoms with Gasteiger partial charge in [-0.3, -0.25) is 18.8 Å². The van der Waals surface area contributed by atoms with Crippen LogP contribution < -0.4 is 20.3 Å². The number of nitrogens with one attached hydrogen (secondary N) is 2. The van der Waals surface area contributed by atoms with Crippen molar-refractivity contribution >= 4 is 55.3 Å². The second-order valence-corrected chi connectivity index (χ2v) is 14.1. The van der Waals surface area contributed by atoms with E-state index in [1.165, 1.54) is 35.5 Å². The molecule has 1 amide bonds. The highest BCUT2D eigenvalue weighted by molar-refractivity contribution is 7.92. The number of carboxylic acid groups (broad SMARTS) is 1. The van der Waals surface area contributed by atoms with E-state index >= 15 is 0 Å². The van der Waals surface area contributed by atoms with E-state index in [1.54, 1.807) is 49.4 Å². The van der Waals surface area contributed by atoms with Crippen LogP contribution >= 0.6 is 11.6 Å². The van der Waals surface area contributed by atoms with Gasteiger partial charge < -0.3 is 15.2 Å². The Morgan fingerprint density at radius 3 is 2.39 bits per heavy atom. The maximum Gasteiger partial charge on any atom is 0.405 e. The van der Waals surface area contributed by atoms with Crippen LogP contribution in [0.25, 0.3) is 27.5 Å². The summed E-state index contributed by atoms with van der Waals surface area (Å²) >= 11 is 6.67. The first-order valence-electron chi connectivity index (χ1n) is 15.5. The Labute approximate surface area is 295 Å². The second-order valence-electron chi connectivity index (χ2n) is 11.8. The SMILES string of the molecule is COc1ccc(CCS(=O)(=O)Nc2nn(C)c3c(-n4c([C@H](Cc5cc(F)cc(F)c5)NC(=O)O)nc5cccc(C)c5c4=O)ccc(Cl)c23)cc1. The minimum atomic E-state index is -3.97. The van der Waals surface area contributed by atoms with Gasteiger partial charge in [0.05, 0.1) is 51.4 Å². The van der Waals surface area contributed by atoms with Crippen LogP contribution in [-0.2, 0) is 29.9 Å². The van der Waals surface area contributed by atoms with Crippen molar-refractivity contribution in [2.75, 3.05) is 17.6 Å². The lowest BCUT2D eigenvalue weighted by molar-refractivity contribution is 0.189. The number of hydrogen-bond donors (Lipinski definition) is 3. The molecular weight excluding hydrogens is 706 g/mol. The molecule has 16 heteroatoms. The molecule has 3 N–H and O–H groups in total.